The predicted octanol–water partition coefficient (Wildman–Crippen LogP) is 4.07. The number of methoxy groups -OCH3 is 2. The van der Waals surface area contributed by atoms with Gasteiger partial charge < -0.3 is 14.8 Å². The molecular formula is C23H28N2O4. The number of Topliss-reactive ketones (excluding diaryl/α,β-unsaturated/α-hetero) is 1. The van der Waals surface area contributed by atoms with Crippen molar-refractivity contribution in [2.45, 2.75) is 38.8 Å². The van der Waals surface area contributed by atoms with Gasteiger partial charge in [0, 0.05) is 22.9 Å². The minimum absolute atomic E-state index is 0.00314. The lowest BCUT2D eigenvalue weighted by Gasteiger charge is -2.31. The molecule has 1 aliphatic rings. The Morgan fingerprint density at radius 1 is 1.10 bits per heavy atom. The molecule has 1 amide bonds. The average molecular weight is 396 g/mol. The molecule has 0 saturated carbocycles. The molecule has 2 atom stereocenters. The van der Waals surface area contributed by atoms with E-state index in [1.54, 1.807) is 38.5 Å². The van der Waals surface area contributed by atoms with Gasteiger partial charge in [-0.05, 0) is 75.7 Å². The minimum atomic E-state index is -0.314. The van der Waals surface area contributed by atoms with Crippen molar-refractivity contribution in [3.8, 4) is 11.5 Å². The third kappa shape index (κ3) is 4.59. The molecule has 6 heteroatoms. The largest absolute Gasteiger partial charge is 0.497 e. The second-order valence-electron chi connectivity index (χ2n) is 7.30. The molecule has 2 aromatic carbocycles. The number of nitrogens with one attached hydrogen (secondary N) is 1. The molecule has 154 valence electrons. The van der Waals surface area contributed by atoms with Crippen molar-refractivity contribution in [2.75, 3.05) is 26.1 Å². The number of carbonyl (C=O) groups excluding carboxylic acids is 2. The Kier molecular flexibility index (Phi) is 6.54. The first-order valence-corrected chi connectivity index (χ1v) is 9.84. The molecule has 0 spiro atoms. The fourth-order valence-corrected chi connectivity index (χ4v) is 3.87. The van der Waals surface area contributed by atoms with E-state index >= 15 is 0 Å². The Balaban J connectivity index is 1.76. The van der Waals surface area contributed by atoms with Crippen LogP contribution in [0.25, 0.3) is 0 Å². The summed E-state index contributed by atoms with van der Waals surface area (Å²) in [6.45, 7) is 4.28. The van der Waals surface area contributed by atoms with E-state index in [4.69, 9.17) is 9.47 Å². The highest BCUT2D eigenvalue weighted by Gasteiger charge is 2.34. The highest BCUT2D eigenvalue weighted by Crippen LogP contribution is 2.40. The van der Waals surface area contributed by atoms with Gasteiger partial charge >= 0.3 is 0 Å². The van der Waals surface area contributed by atoms with Gasteiger partial charge in [0.1, 0.15) is 11.5 Å². The van der Waals surface area contributed by atoms with Crippen molar-refractivity contribution in [3.05, 3.63) is 53.6 Å². The molecular weight excluding hydrogens is 368 g/mol. The molecule has 0 aromatic heterocycles. The number of hydrogen-bond donors (Lipinski definition) is 1. The van der Waals surface area contributed by atoms with Gasteiger partial charge in [0.05, 0.1) is 20.3 Å². The van der Waals surface area contributed by atoms with Crippen LogP contribution in [0, 0.1) is 0 Å². The molecule has 29 heavy (non-hydrogen) atoms. The fraction of sp³-hybridized carbons (Fsp3) is 0.391. The van der Waals surface area contributed by atoms with Crippen LogP contribution < -0.4 is 14.8 Å². The second kappa shape index (κ2) is 9.09. The summed E-state index contributed by atoms with van der Waals surface area (Å²) in [5.41, 5.74) is 2.34. The van der Waals surface area contributed by atoms with Crippen LogP contribution in [0.2, 0.25) is 0 Å². The van der Waals surface area contributed by atoms with E-state index in [-0.39, 0.29) is 23.8 Å². The van der Waals surface area contributed by atoms with Gasteiger partial charge in [-0.25, -0.2) is 0 Å². The first-order valence-electron chi connectivity index (χ1n) is 9.84. The molecule has 2 aromatic rings. The van der Waals surface area contributed by atoms with Gasteiger partial charge in [-0.15, -0.1) is 0 Å². The van der Waals surface area contributed by atoms with E-state index in [1.165, 1.54) is 6.92 Å². The van der Waals surface area contributed by atoms with Crippen LogP contribution in [0.15, 0.2) is 42.5 Å². The number of likely N-dealkylation sites (tertiary alicyclic amines) is 1. The highest BCUT2D eigenvalue weighted by molar-refractivity contribution is 5.97. The van der Waals surface area contributed by atoms with Gasteiger partial charge in [-0.2, -0.15) is 0 Å². The summed E-state index contributed by atoms with van der Waals surface area (Å²) in [5, 5.41) is 2.96. The van der Waals surface area contributed by atoms with E-state index in [2.05, 4.69) is 10.2 Å². The number of anilines is 1. The first-order chi connectivity index (χ1) is 13.9. The van der Waals surface area contributed by atoms with Crippen LogP contribution in [0.5, 0.6) is 11.5 Å². The standard InChI is InChI=1S/C23H28N2O4/c1-15(23(27)24-18-9-7-17(8-10-18)16(2)26)25-13-5-6-21(25)20-14-19(28-3)11-12-22(20)29-4/h7-12,14-15,21H,5-6,13H2,1-4H3,(H,24,27)/t15-,21+/m1/s1. The summed E-state index contributed by atoms with van der Waals surface area (Å²) in [7, 11) is 3.30. The Bertz CT molecular complexity index is 879. The molecule has 0 aliphatic carbocycles. The van der Waals surface area contributed by atoms with Crippen LogP contribution in [0.1, 0.15) is 48.7 Å². The van der Waals surface area contributed by atoms with Crippen LogP contribution in [0.4, 0.5) is 5.69 Å². The lowest BCUT2D eigenvalue weighted by atomic mass is 10.0. The van der Waals surface area contributed by atoms with Crippen molar-refractivity contribution >= 4 is 17.4 Å². The number of ketones is 1. The molecule has 0 radical (unpaired) electrons. The highest BCUT2D eigenvalue weighted by atomic mass is 16.5. The second-order valence-corrected chi connectivity index (χ2v) is 7.30. The maximum absolute atomic E-state index is 12.9. The third-order valence-electron chi connectivity index (χ3n) is 5.53. The summed E-state index contributed by atoms with van der Waals surface area (Å²) in [5.74, 6) is 1.50. The van der Waals surface area contributed by atoms with Gasteiger partial charge in [0.25, 0.3) is 0 Å². The van der Waals surface area contributed by atoms with Gasteiger partial charge in [-0.1, -0.05) is 0 Å². The smallest absolute Gasteiger partial charge is 0.241 e. The number of hydrogen-bond acceptors (Lipinski definition) is 5. The van der Waals surface area contributed by atoms with E-state index in [9.17, 15) is 9.59 Å². The van der Waals surface area contributed by atoms with Crippen molar-refractivity contribution < 1.29 is 19.1 Å². The van der Waals surface area contributed by atoms with Gasteiger partial charge in [-0.3, -0.25) is 14.5 Å². The maximum Gasteiger partial charge on any atom is 0.241 e. The van der Waals surface area contributed by atoms with E-state index in [1.807, 2.05) is 25.1 Å². The zero-order valence-corrected chi connectivity index (χ0v) is 17.4. The Labute approximate surface area is 171 Å². The lowest BCUT2D eigenvalue weighted by Crippen LogP contribution is -2.41. The first kappa shape index (κ1) is 20.9. The monoisotopic (exact) mass is 396 g/mol. The molecule has 3 rings (SSSR count). The quantitative estimate of drug-likeness (QED) is 0.715. The van der Waals surface area contributed by atoms with Crippen LogP contribution in [-0.2, 0) is 4.79 Å². The SMILES string of the molecule is COc1ccc(OC)c([C@@H]2CCCN2[C@H](C)C(=O)Nc2ccc(C(C)=O)cc2)c1. The van der Waals surface area contributed by atoms with Gasteiger partial charge in [0.2, 0.25) is 5.91 Å². The van der Waals surface area contributed by atoms with Crippen LogP contribution in [-0.4, -0.2) is 43.4 Å². The average Bonchev–Trinajstić information content (AvgIpc) is 3.22. The summed E-state index contributed by atoms with van der Waals surface area (Å²) < 4.78 is 10.9. The fourth-order valence-electron chi connectivity index (χ4n) is 3.87. The van der Waals surface area contributed by atoms with Crippen LogP contribution >= 0.6 is 0 Å². The van der Waals surface area contributed by atoms with Crippen LogP contribution in [0.3, 0.4) is 0 Å². The summed E-state index contributed by atoms with van der Waals surface area (Å²) in [6.07, 6.45) is 1.96. The van der Waals surface area contributed by atoms with E-state index in [0.29, 0.717) is 11.3 Å². The van der Waals surface area contributed by atoms with E-state index < -0.39 is 0 Å². The van der Waals surface area contributed by atoms with E-state index in [0.717, 1.165) is 36.4 Å². The topological polar surface area (TPSA) is 67.9 Å². The predicted molar refractivity (Wildman–Crippen MR) is 113 cm³/mol. The summed E-state index contributed by atoms with van der Waals surface area (Å²) in [6, 6.07) is 12.5. The number of amides is 1. The maximum atomic E-state index is 12.9. The number of ether oxygens (including phenoxy) is 2. The molecule has 1 N–H and O–H groups in total. The van der Waals surface area contributed by atoms with Gasteiger partial charge in [0.15, 0.2) is 5.78 Å². The number of rotatable bonds is 7. The molecule has 1 heterocycles. The lowest BCUT2D eigenvalue weighted by molar-refractivity contribution is -0.121. The number of nitrogens with zero attached hydrogens (tertiary/aromatic N) is 1. The van der Waals surface area contributed by atoms with Crippen molar-refractivity contribution in [1.29, 1.82) is 0 Å². The number of benzene rings is 2. The Morgan fingerprint density at radius 3 is 2.45 bits per heavy atom. The summed E-state index contributed by atoms with van der Waals surface area (Å²) >= 11 is 0. The Morgan fingerprint density at radius 2 is 1.83 bits per heavy atom. The molecule has 0 bridgehead atoms. The molecule has 1 saturated heterocycles. The minimum Gasteiger partial charge on any atom is -0.497 e. The van der Waals surface area contributed by atoms with Crippen molar-refractivity contribution in [2.24, 2.45) is 0 Å². The van der Waals surface area contributed by atoms with Crippen molar-refractivity contribution in [3.63, 3.8) is 0 Å². The summed E-state index contributed by atoms with van der Waals surface area (Å²) in [4.78, 5) is 26.5. The molecule has 0 unspecified atom stereocenters. The van der Waals surface area contributed by atoms with Crippen molar-refractivity contribution in [1.82, 2.24) is 4.90 Å². The molecule has 6 nitrogen and oxygen atoms in total. The molecule has 1 aliphatic heterocycles. The number of carbonyl (C=O) groups is 2. The Hall–Kier alpha value is -2.86. The molecule has 1 fully saturated rings. The zero-order valence-electron chi connectivity index (χ0n) is 17.4. The normalized spacial score (nSPS) is 17.6. The third-order valence-corrected chi connectivity index (χ3v) is 5.53. The zero-order chi connectivity index (χ0) is 21.0.